The van der Waals surface area contributed by atoms with Crippen LogP contribution >= 0.6 is 0 Å². The monoisotopic (exact) mass is 318 g/mol. The number of rotatable bonds is 4. The molecule has 1 aromatic rings. The van der Waals surface area contributed by atoms with Gasteiger partial charge in [0.15, 0.2) is 9.84 Å². The average Bonchev–Trinajstić information content (AvgIpc) is 2.87. The molecule has 1 atom stereocenters. The first-order valence-electron chi connectivity index (χ1n) is 6.29. The van der Waals surface area contributed by atoms with Gasteiger partial charge in [0.05, 0.1) is 9.79 Å². The maximum absolute atomic E-state index is 12.5. The van der Waals surface area contributed by atoms with Crippen LogP contribution in [-0.4, -0.2) is 46.5 Å². The largest absolute Gasteiger partial charge is 0.329 e. The Labute approximate surface area is 119 Å². The highest BCUT2D eigenvalue weighted by Crippen LogP contribution is 2.26. The van der Waals surface area contributed by atoms with Gasteiger partial charge < -0.3 is 5.73 Å². The Morgan fingerprint density at radius 3 is 2.20 bits per heavy atom. The van der Waals surface area contributed by atoms with E-state index in [0.717, 1.165) is 19.1 Å². The van der Waals surface area contributed by atoms with Crippen molar-refractivity contribution in [1.82, 2.24) is 4.31 Å². The molecule has 20 heavy (non-hydrogen) atoms. The van der Waals surface area contributed by atoms with Crippen molar-refractivity contribution in [3.8, 4) is 0 Å². The smallest absolute Gasteiger partial charge is 0.243 e. The molecular formula is C12H18N2O4S2. The van der Waals surface area contributed by atoms with Gasteiger partial charge in [-0.15, -0.1) is 0 Å². The molecule has 1 heterocycles. The van der Waals surface area contributed by atoms with E-state index in [2.05, 4.69) is 0 Å². The third kappa shape index (κ3) is 2.88. The van der Waals surface area contributed by atoms with E-state index in [1.54, 1.807) is 0 Å². The van der Waals surface area contributed by atoms with Crippen LogP contribution in [0.25, 0.3) is 0 Å². The van der Waals surface area contributed by atoms with Crippen LogP contribution < -0.4 is 5.73 Å². The number of hydrogen-bond donors (Lipinski definition) is 1. The molecule has 0 aliphatic carbocycles. The van der Waals surface area contributed by atoms with Crippen molar-refractivity contribution in [2.75, 3.05) is 19.3 Å². The van der Waals surface area contributed by atoms with E-state index in [4.69, 9.17) is 5.73 Å². The molecular weight excluding hydrogens is 300 g/mol. The first-order valence-corrected chi connectivity index (χ1v) is 9.62. The van der Waals surface area contributed by atoms with Crippen molar-refractivity contribution >= 4 is 19.9 Å². The summed E-state index contributed by atoms with van der Waals surface area (Å²) in [4.78, 5) is 0.207. The zero-order valence-electron chi connectivity index (χ0n) is 11.2. The van der Waals surface area contributed by atoms with Gasteiger partial charge in [-0.2, -0.15) is 4.31 Å². The number of hydrogen-bond acceptors (Lipinski definition) is 5. The van der Waals surface area contributed by atoms with E-state index in [9.17, 15) is 16.8 Å². The molecule has 6 nitrogen and oxygen atoms in total. The van der Waals surface area contributed by atoms with Crippen molar-refractivity contribution in [3.05, 3.63) is 24.3 Å². The zero-order chi connectivity index (χ0) is 15.0. The van der Waals surface area contributed by atoms with Gasteiger partial charge >= 0.3 is 0 Å². The molecule has 1 saturated heterocycles. The Bertz CT molecular complexity index is 681. The van der Waals surface area contributed by atoms with Crippen molar-refractivity contribution in [2.45, 2.75) is 28.7 Å². The molecule has 1 aromatic carbocycles. The van der Waals surface area contributed by atoms with E-state index in [1.807, 2.05) is 0 Å². The van der Waals surface area contributed by atoms with Crippen LogP contribution in [0.2, 0.25) is 0 Å². The van der Waals surface area contributed by atoms with Crippen molar-refractivity contribution < 1.29 is 16.8 Å². The highest BCUT2D eigenvalue weighted by Gasteiger charge is 2.34. The molecule has 0 amide bonds. The molecule has 0 spiro atoms. The second-order valence-electron chi connectivity index (χ2n) is 4.89. The molecule has 0 unspecified atom stereocenters. The fourth-order valence-electron chi connectivity index (χ4n) is 2.36. The minimum Gasteiger partial charge on any atom is -0.329 e. The van der Waals surface area contributed by atoms with Crippen LogP contribution in [0.3, 0.4) is 0 Å². The molecule has 1 fully saturated rings. The van der Waals surface area contributed by atoms with E-state index in [-0.39, 0.29) is 15.8 Å². The van der Waals surface area contributed by atoms with Crippen LogP contribution in [-0.2, 0) is 19.9 Å². The minimum absolute atomic E-state index is 0.102. The summed E-state index contributed by atoms with van der Waals surface area (Å²) in [5, 5.41) is 0. The van der Waals surface area contributed by atoms with Gasteiger partial charge in [0, 0.05) is 25.4 Å². The summed E-state index contributed by atoms with van der Waals surface area (Å²) >= 11 is 0. The predicted molar refractivity (Wildman–Crippen MR) is 75.5 cm³/mol. The van der Waals surface area contributed by atoms with Gasteiger partial charge in [-0.25, -0.2) is 16.8 Å². The third-order valence-electron chi connectivity index (χ3n) is 3.45. The molecule has 0 bridgehead atoms. The molecule has 2 N–H and O–H groups in total. The zero-order valence-corrected chi connectivity index (χ0v) is 12.8. The summed E-state index contributed by atoms with van der Waals surface area (Å²) in [6.45, 7) is 0.749. The number of nitrogens with two attached hydrogens (primary N) is 1. The summed E-state index contributed by atoms with van der Waals surface area (Å²) in [6.07, 6.45) is 2.64. The van der Waals surface area contributed by atoms with Crippen LogP contribution in [0.4, 0.5) is 0 Å². The molecule has 1 aliphatic heterocycles. The quantitative estimate of drug-likeness (QED) is 0.855. The first-order chi connectivity index (χ1) is 9.26. The number of benzene rings is 1. The van der Waals surface area contributed by atoms with Crippen molar-refractivity contribution in [2.24, 2.45) is 5.73 Å². The lowest BCUT2D eigenvalue weighted by Gasteiger charge is -2.22. The second kappa shape index (κ2) is 5.44. The van der Waals surface area contributed by atoms with E-state index in [0.29, 0.717) is 13.1 Å². The SMILES string of the molecule is CS(=O)(=O)c1ccc(S(=O)(=O)N2CCC[C@@H]2CN)cc1. The van der Waals surface area contributed by atoms with E-state index >= 15 is 0 Å². The minimum atomic E-state index is -3.60. The maximum atomic E-state index is 12.5. The molecule has 112 valence electrons. The molecule has 0 aromatic heterocycles. The Kier molecular flexibility index (Phi) is 4.19. The Balaban J connectivity index is 2.35. The van der Waals surface area contributed by atoms with Crippen molar-refractivity contribution in [1.29, 1.82) is 0 Å². The lowest BCUT2D eigenvalue weighted by molar-refractivity contribution is 0.393. The van der Waals surface area contributed by atoms with Gasteiger partial charge in [0.2, 0.25) is 10.0 Å². The van der Waals surface area contributed by atoms with Gasteiger partial charge in [-0.05, 0) is 37.1 Å². The average molecular weight is 318 g/mol. The highest BCUT2D eigenvalue weighted by atomic mass is 32.2. The summed E-state index contributed by atoms with van der Waals surface area (Å²) in [5.41, 5.74) is 5.59. The molecule has 0 radical (unpaired) electrons. The fourth-order valence-corrected chi connectivity index (χ4v) is 4.69. The Hall–Kier alpha value is -0.960. The fraction of sp³-hybridized carbons (Fsp3) is 0.500. The highest BCUT2D eigenvalue weighted by molar-refractivity contribution is 7.90. The maximum Gasteiger partial charge on any atom is 0.243 e. The van der Waals surface area contributed by atoms with Crippen LogP contribution in [0, 0.1) is 0 Å². The van der Waals surface area contributed by atoms with Crippen LogP contribution in [0.5, 0.6) is 0 Å². The summed E-state index contributed by atoms with van der Waals surface area (Å²) < 4.78 is 49.1. The third-order valence-corrected chi connectivity index (χ3v) is 6.55. The normalized spacial score (nSPS) is 21.2. The van der Waals surface area contributed by atoms with Gasteiger partial charge in [-0.3, -0.25) is 0 Å². The number of sulfone groups is 1. The van der Waals surface area contributed by atoms with Gasteiger partial charge in [0.25, 0.3) is 0 Å². The topological polar surface area (TPSA) is 97.5 Å². The summed E-state index contributed by atoms with van der Waals surface area (Å²) in [6, 6.07) is 5.12. The summed E-state index contributed by atoms with van der Waals surface area (Å²) in [5.74, 6) is 0. The standard InChI is InChI=1S/C12H18N2O4S2/c1-19(15,16)11-4-6-12(7-5-11)20(17,18)14-8-2-3-10(14)9-13/h4-7,10H,2-3,8-9,13H2,1H3/t10-/m1/s1. The van der Waals surface area contributed by atoms with Crippen molar-refractivity contribution in [3.63, 3.8) is 0 Å². The Morgan fingerprint density at radius 2 is 1.70 bits per heavy atom. The first kappa shape index (κ1) is 15.4. The molecule has 8 heteroatoms. The number of nitrogens with zero attached hydrogens (tertiary/aromatic N) is 1. The lowest BCUT2D eigenvalue weighted by atomic mass is 10.2. The van der Waals surface area contributed by atoms with Gasteiger partial charge in [-0.1, -0.05) is 0 Å². The Morgan fingerprint density at radius 1 is 1.15 bits per heavy atom. The van der Waals surface area contributed by atoms with Crippen LogP contribution in [0.15, 0.2) is 34.1 Å². The number of sulfonamides is 1. The van der Waals surface area contributed by atoms with Gasteiger partial charge in [0.1, 0.15) is 0 Å². The summed E-state index contributed by atoms with van der Waals surface area (Å²) in [7, 11) is -6.93. The van der Waals surface area contributed by atoms with Crippen LogP contribution in [0.1, 0.15) is 12.8 Å². The second-order valence-corrected chi connectivity index (χ2v) is 8.80. The predicted octanol–water partition coefficient (Wildman–Crippen LogP) is 0.202. The molecule has 1 aliphatic rings. The molecule has 2 rings (SSSR count). The lowest BCUT2D eigenvalue weighted by Crippen LogP contribution is -2.39. The van der Waals surface area contributed by atoms with E-state index in [1.165, 1.54) is 28.6 Å². The van der Waals surface area contributed by atoms with E-state index < -0.39 is 19.9 Å². The molecule has 0 saturated carbocycles.